The SMILES string of the molecule is C[SiH3].O[Si](O)(O)O. The van der Waals surface area contributed by atoms with Crippen molar-refractivity contribution in [3.63, 3.8) is 0 Å². The van der Waals surface area contributed by atoms with Crippen LogP contribution in [0.5, 0.6) is 0 Å². The predicted molar refractivity (Wildman–Crippen MR) is 30.4 cm³/mol. The van der Waals surface area contributed by atoms with Crippen LogP contribution in [0, 0.1) is 0 Å². The van der Waals surface area contributed by atoms with Crippen LogP contribution in [0.4, 0.5) is 0 Å². The quantitative estimate of drug-likeness (QED) is 0.268. The van der Waals surface area contributed by atoms with Gasteiger partial charge in [0.15, 0.2) is 0 Å². The summed E-state index contributed by atoms with van der Waals surface area (Å²) in [4.78, 5) is 29.3. The highest BCUT2D eigenvalue weighted by Crippen LogP contribution is 1.67. The zero-order valence-corrected chi connectivity index (χ0v) is 7.29. The van der Waals surface area contributed by atoms with E-state index in [1.807, 2.05) is 0 Å². The van der Waals surface area contributed by atoms with Gasteiger partial charge in [-0.3, -0.25) is 0 Å². The van der Waals surface area contributed by atoms with Gasteiger partial charge in [0.05, 0.1) is 0 Å². The number of rotatable bonds is 0. The van der Waals surface area contributed by atoms with Crippen molar-refractivity contribution >= 4 is 19.3 Å². The molecule has 4 N–H and O–H groups in total. The zero-order valence-electron chi connectivity index (χ0n) is 4.29. The molecule has 0 aliphatic heterocycles. The van der Waals surface area contributed by atoms with Gasteiger partial charge in [0.25, 0.3) is 0 Å². The van der Waals surface area contributed by atoms with Crippen molar-refractivity contribution in [1.29, 1.82) is 0 Å². The Bertz CT molecular complexity index is 25.2. The molecule has 0 fully saturated rings. The van der Waals surface area contributed by atoms with E-state index in [4.69, 9.17) is 19.2 Å². The van der Waals surface area contributed by atoms with E-state index in [1.54, 1.807) is 0 Å². The fourth-order valence-electron chi connectivity index (χ4n) is 0. The van der Waals surface area contributed by atoms with Crippen molar-refractivity contribution in [1.82, 2.24) is 0 Å². The van der Waals surface area contributed by atoms with Crippen molar-refractivity contribution < 1.29 is 19.2 Å². The lowest BCUT2D eigenvalue weighted by Gasteiger charge is -1.91. The lowest BCUT2D eigenvalue weighted by atomic mass is 11.9. The maximum atomic E-state index is 7.33. The molecule has 0 radical (unpaired) electrons. The van der Waals surface area contributed by atoms with E-state index in [0.717, 1.165) is 0 Å². The Morgan fingerprint density at radius 3 is 1.00 bits per heavy atom. The van der Waals surface area contributed by atoms with Crippen LogP contribution in [0.3, 0.4) is 0 Å². The molecule has 0 aliphatic rings. The second-order valence-corrected chi connectivity index (χ2v) is 1.80. The monoisotopic (exact) mass is 142 g/mol. The highest BCUT2D eigenvalue weighted by Gasteiger charge is 2.22. The maximum Gasteiger partial charge on any atom is 0.668 e. The Morgan fingerprint density at radius 1 is 1.00 bits per heavy atom. The lowest BCUT2D eigenvalue weighted by molar-refractivity contribution is 0.117. The highest BCUT2D eigenvalue weighted by atomic mass is 28.4. The fraction of sp³-hybridized carbons (Fsp3) is 1.00. The first kappa shape index (κ1) is 10.3. The molecule has 0 unspecified atom stereocenters. The second kappa shape index (κ2) is 4.43. The van der Waals surface area contributed by atoms with Crippen molar-refractivity contribution in [2.45, 2.75) is 6.55 Å². The third kappa shape index (κ3) is 1530. The third-order valence-corrected chi connectivity index (χ3v) is 0. The Balaban J connectivity index is 0. The molecule has 0 saturated heterocycles. The van der Waals surface area contributed by atoms with Crippen LogP contribution in [0.25, 0.3) is 0 Å². The van der Waals surface area contributed by atoms with Crippen LogP contribution < -0.4 is 0 Å². The minimum absolute atomic E-state index is 1.31. The third-order valence-electron chi connectivity index (χ3n) is 0. The molecule has 0 rings (SSSR count). The number of hydrogen-bond donors (Lipinski definition) is 4. The van der Waals surface area contributed by atoms with Gasteiger partial charge < -0.3 is 19.2 Å². The van der Waals surface area contributed by atoms with Gasteiger partial charge in [0.2, 0.25) is 0 Å². The average molecular weight is 142 g/mol. The predicted octanol–water partition coefficient (Wildman–Crippen LogP) is -3.21. The summed E-state index contributed by atoms with van der Waals surface area (Å²) < 4.78 is 0. The molecule has 0 atom stereocenters. The summed E-state index contributed by atoms with van der Waals surface area (Å²) in [5.74, 6) is 0. The second-order valence-electron chi connectivity index (χ2n) is 0.600. The molecule has 7 heavy (non-hydrogen) atoms. The van der Waals surface area contributed by atoms with Gasteiger partial charge >= 0.3 is 9.05 Å². The van der Waals surface area contributed by atoms with Gasteiger partial charge in [-0.05, 0) is 10.2 Å². The van der Waals surface area contributed by atoms with E-state index < -0.39 is 9.05 Å². The summed E-state index contributed by atoms with van der Waals surface area (Å²) in [7, 11) is -3.31. The van der Waals surface area contributed by atoms with Gasteiger partial charge in [0, 0.05) is 0 Å². The van der Waals surface area contributed by atoms with Crippen molar-refractivity contribution in [3.8, 4) is 0 Å². The van der Waals surface area contributed by atoms with Crippen LogP contribution in [0.1, 0.15) is 0 Å². The molecule has 0 aromatic rings. The van der Waals surface area contributed by atoms with Crippen LogP contribution in [0.2, 0.25) is 6.55 Å². The molecule has 0 saturated carbocycles. The van der Waals surface area contributed by atoms with Crippen molar-refractivity contribution in [2.24, 2.45) is 0 Å². The average Bonchev–Trinajstić information content (AvgIpc) is 1.36. The standard InChI is InChI=1S/CH6Si.H4O4Si/c1-2;1-5(2,3)4/h1-2H3;1-4H. The van der Waals surface area contributed by atoms with Crippen molar-refractivity contribution in [2.75, 3.05) is 0 Å². The maximum absolute atomic E-state index is 7.33. The van der Waals surface area contributed by atoms with Crippen LogP contribution in [0.15, 0.2) is 0 Å². The molecular formula is CH10O4Si2. The van der Waals surface area contributed by atoms with Gasteiger partial charge in [-0.15, -0.1) is 0 Å². The van der Waals surface area contributed by atoms with E-state index in [0.29, 0.717) is 0 Å². The van der Waals surface area contributed by atoms with Gasteiger partial charge in [-0.1, -0.05) is 6.55 Å². The van der Waals surface area contributed by atoms with Gasteiger partial charge in [0.1, 0.15) is 0 Å². The summed E-state index contributed by atoms with van der Waals surface area (Å²) in [5, 5.41) is 0. The molecular weight excluding hydrogens is 132 g/mol. The summed E-state index contributed by atoms with van der Waals surface area (Å²) >= 11 is 0. The first-order chi connectivity index (χ1) is 3.00. The minimum atomic E-state index is -4.61. The van der Waals surface area contributed by atoms with Crippen LogP contribution in [-0.4, -0.2) is 38.5 Å². The topological polar surface area (TPSA) is 80.9 Å². The Kier molecular flexibility index (Phi) is 6.52. The normalized spacial score (nSPS) is 9.86. The zero-order chi connectivity index (χ0) is 6.50. The van der Waals surface area contributed by atoms with Crippen molar-refractivity contribution in [3.05, 3.63) is 0 Å². The molecule has 0 aromatic heterocycles. The Labute approximate surface area is 46.0 Å². The van der Waals surface area contributed by atoms with E-state index in [9.17, 15) is 0 Å². The molecule has 0 aromatic carbocycles. The van der Waals surface area contributed by atoms with E-state index >= 15 is 0 Å². The first-order valence-corrected chi connectivity index (χ1v) is 5.68. The van der Waals surface area contributed by atoms with Gasteiger partial charge in [-0.25, -0.2) is 0 Å². The van der Waals surface area contributed by atoms with E-state index in [-0.39, 0.29) is 0 Å². The largest absolute Gasteiger partial charge is 0.668 e. The van der Waals surface area contributed by atoms with E-state index in [2.05, 4.69) is 6.55 Å². The molecule has 6 heteroatoms. The Hall–Kier alpha value is 0.274. The van der Waals surface area contributed by atoms with Crippen LogP contribution >= 0.6 is 0 Å². The molecule has 4 nitrogen and oxygen atoms in total. The molecule has 0 heterocycles. The highest BCUT2D eigenvalue weighted by molar-refractivity contribution is 6.46. The summed E-state index contributed by atoms with van der Waals surface area (Å²) in [6.07, 6.45) is 0. The lowest BCUT2D eigenvalue weighted by Crippen LogP contribution is -2.33. The summed E-state index contributed by atoms with van der Waals surface area (Å²) in [6.45, 7) is 2.14. The van der Waals surface area contributed by atoms with Crippen LogP contribution in [-0.2, 0) is 0 Å². The molecule has 0 spiro atoms. The minimum Gasteiger partial charge on any atom is -0.368 e. The summed E-state index contributed by atoms with van der Waals surface area (Å²) in [5.41, 5.74) is 0. The molecule has 46 valence electrons. The fourth-order valence-corrected chi connectivity index (χ4v) is 0. The van der Waals surface area contributed by atoms with Gasteiger partial charge in [-0.2, -0.15) is 0 Å². The molecule has 0 aliphatic carbocycles. The smallest absolute Gasteiger partial charge is 0.368 e. The molecule has 0 amide bonds. The summed E-state index contributed by atoms with van der Waals surface area (Å²) in [6, 6.07) is 0. The number of hydrogen-bond acceptors (Lipinski definition) is 4. The first-order valence-electron chi connectivity index (χ1n) is 1.89. The van der Waals surface area contributed by atoms with E-state index in [1.165, 1.54) is 10.2 Å². The Morgan fingerprint density at radius 2 is 1.00 bits per heavy atom. The molecule has 0 bridgehead atoms.